The number of esters is 2. The summed E-state index contributed by atoms with van der Waals surface area (Å²) in [7, 11) is -4.80. The Morgan fingerprint density at radius 1 is 0.604 bits per heavy atom. The third kappa shape index (κ3) is 40.0. The van der Waals surface area contributed by atoms with Crippen LogP contribution in [0, 0.1) is 0 Å². The summed E-state index contributed by atoms with van der Waals surface area (Å²) in [5.41, 5.74) is 0. The minimum atomic E-state index is -4.80. The Morgan fingerprint density at radius 2 is 1.11 bits per heavy atom. The molecule has 0 amide bonds. The predicted octanol–water partition coefficient (Wildman–Crippen LogP) is 10.8. The summed E-state index contributed by atoms with van der Waals surface area (Å²) in [4.78, 5) is 42.7. The molecular formula is C43H69O9P. The lowest BCUT2D eigenvalue weighted by atomic mass is 10.1. The quantitative estimate of drug-likeness (QED) is 0.0192. The summed E-state index contributed by atoms with van der Waals surface area (Å²) < 4.78 is 26.2. The predicted molar refractivity (Wildman–Crippen MR) is 217 cm³/mol. The van der Waals surface area contributed by atoms with E-state index in [1.807, 2.05) is 55.5 Å². The van der Waals surface area contributed by atoms with Crippen LogP contribution in [-0.4, -0.2) is 52.3 Å². The first-order chi connectivity index (χ1) is 25.7. The monoisotopic (exact) mass is 760 g/mol. The molecule has 10 heteroatoms. The van der Waals surface area contributed by atoms with Crippen molar-refractivity contribution in [3.8, 4) is 0 Å². The van der Waals surface area contributed by atoms with Gasteiger partial charge in [0.1, 0.15) is 6.61 Å². The van der Waals surface area contributed by atoms with Crippen LogP contribution in [0.4, 0.5) is 0 Å². The number of allylic oxidation sites excluding steroid dienone is 14. The molecule has 0 fully saturated rings. The number of ether oxygens (including phenoxy) is 2. The highest BCUT2D eigenvalue weighted by atomic mass is 31.2. The fourth-order valence-electron chi connectivity index (χ4n) is 4.74. The highest BCUT2D eigenvalue weighted by molar-refractivity contribution is 7.46. The van der Waals surface area contributed by atoms with E-state index in [0.717, 1.165) is 38.5 Å². The van der Waals surface area contributed by atoms with Gasteiger partial charge in [-0.1, -0.05) is 143 Å². The second-order valence-corrected chi connectivity index (χ2v) is 14.0. The maximum atomic E-state index is 12.4. The van der Waals surface area contributed by atoms with Crippen LogP contribution in [0.3, 0.4) is 0 Å². The van der Waals surface area contributed by atoms with Crippen LogP contribution < -0.4 is 0 Å². The van der Waals surface area contributed by atoms with Crippen molar-refractivity contribution in [2.24, 2.45) is 0 Å². The second-order valence-electron chi connectivity index (χ2n) is 12.7. The first-order valence-electron chi connectivity index (χ1n) is 19.6. The summed E-state index contributed by atoms with van der Waals surface area (Å²) in [5.74, 6) is -1.05. The largest absolute Gasteiger partial charge is 0.469 e. The molecule has 0 heterocycles. The van der Waals surface area contributed by atoms with E-state index < -0.39 is 38.6 Å². The van der Waals surface area contributed by atoms with Gasteiger partial charge in [-0.25, -0.2) is 4.57 Å². The molecule has 0 aromatic rings. The van der Waals surface area contributed by atoms with Crippen molar-refractivity contribution in [3.05, 3.63) is 97.2 Å². The van der Waals surface area contributed by atoms with Crippen LogP contribution in [0.15, 0.2) is 97.2 Å². The van der Waals surface area contributed by atoms with E-state index in [-0.39, 0.29) is 19.4 Å². The Labute approximate surface area is 320 Å². The molecule has 0 aliphatic rings. The molecule has 0 bridgehead atoms. The highest BCUT2D eigenvalue weighted by Gasteiger charge is 2.22. The summed E-state index contributed by atoms with van der Waals surface area (Å²) in [6, 6.07) is 0. The van der Waals surface area contributed by atoms with E-state index in [1.54, 1.807) is 6.08 Å². The van der Waals surface area contributed by atoms with E-state index in [0.29, 0.717) is 32.1 Å². The molecule has 53 heavy (non-hydrogen) atoms. The van der Waals surface area contributed by atoms with E-state index in [9.17, 15) is 19.3 Å². The SMILES string of the molecule is CC/C=C\C(O)C/C=C/C=C\C/C=C\C/C=C\CCCC(=O)O[C@H](COC(=O)CCC/C=C\C/C=C\C/C=C\CCCCCCCC)COP(=O)(O)O. The van der Waals surface area contributed by atoms with Crippen molar-refractivity contribution >= 4 is 19.8 Å². The lowest BCUT2D eigenvalue weighted by molar-refractivity contribution is -0.161. The standard InChI is InChI=1S/C43H69O9P/c1-3-5-7-8-9-10-11-12-13-14-15-16-20-23-26-29-32-36-42(45)50-38-41(39-51-53(47,48)49)52-43(46)37-33-30-27-24-21-18-17-19-22-25-28-31-35-40(44)34-6-4-2/h6,12-13,15-18,22-28,31,34,40-41,44H,3-5,7-11,14,19-21,29-30,32-33,35-39H2,1-2H3,(H2,47,48,49)/b13-12-,16-15-,18-17-,25-22-,26-23-,27-24-,31-28+,34-6-/t40?,41-/m1/s1. The zero-order valence-electron chi connectivity index (χ0n) is 32.5. The highest BCUT2D eigenvalue weighted by Crippen LogP contribution is 2.35. The normalized spacial score (nSPS) is 14.1. The van der Waals surface area contributed by atoms with Gasteiger partial charge in [-0.05, 0) is 77.0 Å². The van der Waals surface area contributed by atoms with Gasteiger partial charge in [0.2, 0.25) is 0 Å². The van der Waals surface area contributed by atoms with E-state index in [2.05, 4.69) is 54.0 Å². The van der Waals surface area contributed by atoms with Crippen LogP contribution in [0.5, 0.6) is 0 Å². The van der Waals surface area contributed by atoms with Crippen molar-refractivity contribution in [1.82, 2.24) is 0 Å². The molecule has 300 valence electrons. The van der Waals surface area contributed by atoms with Gasteiger partial charge in [-0.3, -0.25) is 14.1 Å². The van der Waals surface area contributed by atoms with Gasteiger partial charge < -0.3 is 24.4 Å². The second kappa shape index (κ2) is 37.3. The fourth-order valence-corrected chi connectivity index (χ4v) is 5.10. The molecule has 0 saturated carbocycles. The third-order valence-electron chi connectivity index (χ3n) is 7.66. The lowest BCUT2D eigenvalue weighted by Gasteiger charge is -2.18. The van der Waals surface area contributed by atoms with Crippen molar-refractivity contribution in [3.63, 3.8) is 0 Å². The summed E-state index contributed by atoms with van der Waals surface area (Å²) >= 11 is 0. The smallest absolute Gasteiger partial charge is 0.462 e. The van der Waals surface area contributed by atoms with Gasteiger partial charge in [0.25, 0.3) is 0 Å². The van der Waals surface area contributed by atoms with Gasteiger partial charge in [-0.2, -0.15) is 0 Å². The number of unbranched alkanes of at least 4 members (excludes halogenated alkanes) is 8. The zero-order valence-corrected chi connectivity index (χ0v) is 33.4. The summed E-state index contributed by atoms with van der Waals surface area (Å²) in [5, 5.41) is 9.73. The molecule has 0 saturated heterocycles. The zero-order chi connectivity index (χ0) is 39.1. The number of phosphoric ester groups is 1. The van der Waals surface area contributed by atoms with E-state index in [4.69, 9.17) is 19.3 Å². The maximum absolute atomic E-state index is 12.4. The van der Waals surface area contributed by atoms with Crippen molar-refractivity contribution in [2.75, 3.05) is 13.2 Å². The Morgan fingerprint density at radius 3 is 1.70 bits per heavy atom. The van der Waals surface area contributed by atoms with Crippen molar-refractivity contribution < 1.29 is 43.0 Å². The number of hydrogen-bond donors (Lipinski definition) is 3. The lowest BCUT2D eigenvalue weighted by Crippen LogP contribution is -2.29. The summed E-state index contributed by atoms with van der Waals surface area (Å²) in [6.45, 7) is 3.33. The van der Waals surface area contributed by atoms with Crippen LogP contribution in [0.2, 0.25) is 0 Å². The molecule has 3 N–H and O–H groups in total. The van der Waals surface area contributed by atoms with Gasteiger partial charge in [-0.15, -0.1) is 0 Å². The number of aliphatic hydroxyl groups is 1. The average molecular weight is 761 g/mol. The maximum Gasteiger partial charge on any atom is 0.469 e. The minimum Gasteiger partial charge on any atom is -0.462 e. The fraction of sp³-hybridized carbons (Fsp3) is 0.581. The Bertz CT molecular complexity index is 1190. The molecular weight excluding hydrogens is 691 g/mol. The molecule has 0 aliphatic carbocycles. The molecule has 9 nitrogen and oxygen atoms in total. The minimum absolute atomic E-state index is 0.0995. The van der Waals surface area contributed by atoms with Crippen LogP contribution >= 0.6 is 7.82 Å². The molecule has 0 aliphatic heterocycles. The van der Waals surface area contributed by atoms with Gasteiger partial charge in [0.15, 0.2) is 6.10 Å². The van der Waals surface area contributed by atoms with Crippen molar-refractivity contribution in [2.45, 2.75) is 148 Å². The van der Waals surface area contributed by atoms with Gasteiger partial charge >= 0.3 is 19.8 Å². The molecule has 0 spiro atoms. The average Bonchev–Trinajstić information content (AvgIpc) is 3.12. The molecule has 2 atom stereocenters. The van der Waals surface area contributed by atoms with E-state index >= 15 is 0 Å². The van der Waals surface area contributed by atoms with E-state index in [1.165, 1.54) is 38.5 Å². The number of rotatable bonds is 34. The molecule has 0 aromatic carbocycles. The Hall–Kier alpha value is -3.07. The first kappa shape index (κ1) is 49.9. The molecule has 0 radical (unpaired) electrons. The number of hydrogen-bond acceptors (Lipinski definition) is 7. The Balaban J connectivity index is 4.20. The van der Waals surface area contributed by atoms with Gasteiger partial charge in [0.05, 0.1) is 12.7 Å². The number of aliphatic hydroxyl groups excluding tert-OH is 1. The number of carbonyl (C=O) groups is 2. The topological polar surface area (TPSA) is 140 Å². The van der Waals surface area contributed by atoms with Gasteiger partial charge in [0, 0.05) is 12.8 Å². The number of phosphoric acid groups is 1. The van der Waals surface area contributed by atoms with Crippen LogP contribution in [-0.2, 0) is 28.2 Å². The summed E-state index contributed by atoms with van der Waals surface area (Å²) in [6.07, 6.45) is 47.7. The molecule has 0 rings (SSSR count). The Kier molecular flexibility index (Phi) is 35.1. The molecule has 0 aromatic heterocycles. The van der Waals surface area contributed by atoms with Crippen LogP contribution in [0.25, 0.3) is 0 Å². The number of carbonyl (C=O) groups excluding carboxylic acids is 2. The first-order valence-corrected chi connectivity index (χ1v) is 21.2. The third-order valence-corrected chi connectivity index (χ3v) is 8.15. The van der Waals surface area contributed by atoms with Crippen molar-refractivity contribution in [1.29, 1.82) is 0 Å². The molecule has 1 unspecified atom stereocenters. The van der Waals surface area contributed by atoms with Crippen LogP contribution in [0.1, 0.15) is 136 Å².